The minimum atomic E-state index is -4.34. The van der Waals surface area contributed by atoms with E-state index in [0.29, 0.717) is 16.7 Å². The molecule has 1 aromatic carbocycles. The van der Waals surface area contributed by atoms with Crippen LogP contribution in [0.25, 0.3) is 10.9 Å². The fraction of sp³-hybridized carbons (Fsp3) is 0.385. The summed E-state index contributed by atoms with van der Waals surface area (Å²) < 4.78 is 41.0. The normalized spacial score (nSPS) is 16.0. The Morgan fingerprint density at radius 2 is 1.83 bits per heavy atom. The van der Waals surface area contributed by atoms with E-state index in [9.17, 15) is 13.2 Å². The van der Waals surface area contributed by atoms with Gasteiger partial charge in [0, 0.05) is 15.6 Å². The van der Waals surface area contributed by atoms with Gasteiger partial charge in [-0.3, -0.25) is 4.57 Å². The van der Waals surface area contributed by atoms with E-state index in [1.54, 1.807) is 18.2 Å². The van der Waals surface area contributed by atoms with Crippen LogP contribution in [0.5, 0.6) is 0 Å². The van der Waals surface area contributed by atoms with Gasteiger partial charge in [0.15, 0.2) is 0 Å². The molecule has 0 N–H and O–H groups in total. The van der Waals surface area contributed by atoms with E-state index >= 15 is 0 Å². The quantitative estimate of drug-likeness (QED) is 0.660. The topological polar surface area (TPSA) is 4.93 Å². The van der Waals surface area contributed by atoms with Crippen LogP contribution in [-0.4, -0.2) is 4.57 Å². The lowest BCUT2D eigenvalue weighted by Gasteiger charge is -2.17. The number of halogens is 4. The summed E-state index contributed by atoms with van der Waals surface area (Å²) in [6.07, 6.45) is -1.28. The molecule has 0 unspecified atom stereocenters. The molecular formula is C13H11BrF3N. The first-order chi connectivity index (χ1) is 8.48. The molecule has 5 heteroatoms. The average Bonchev–Trinajstić information content (AvgIpc) is 2.62. The third-order valence-electron chi connectivity index (χ3n) is 3.49. The van der Waals surface area contributed by atoms with Crippen LogP contribution in [0.15, 0.2) is 22.7 Å². The van der Waals surface area contributed by atoms with Crippen molar-refractivity contribution in [2.75, 3.05) is 0 Å². The molecule has 3 rings (SSSR count). The van der Waals surface area contributed by atoms with E-state index in [2.05, 4.69) is 15.9 Å². The molecule has 2 aromatic rings. The summed E-state index contributed by atoms with van der Waals surface area (Å²) in [5.41, 5.74) is 1.59. The predicted octanol–water partition coefficient (Wildman–Crippen LogP) is 4.76. The highest BCUT2D eigenvalue weighted by molar-refractivity contribution is 9.10. The van der Waals surface area contributed by atoms with Crippen LogP contribution in [0, 0.1) is 0 Å². The summed E-state index contributed by atoms with van der Waals surface area (Å²) >= 11 is 3.33. The van der Waals surface area contributed by atoms with Gasteiger partial charge in [0.2, 0.25) is 0 Å². The monoisotopic (exact) mass is 317 g/mol. The molecular weight excluding hydrogens is 307 g/mol. The lowest BCUT2D eigenvalue weighted by molar-refractivity contribution is -0.202. The van der Waals surface area contributed by atoms with Gasteiger partial charge in [0.05, 0.1) is 5.52 Å². The van der Waals surface area contributed by atoms with Crippen molar-refractivity contribution in [2.24, 2.45) is 0 Å². The number of hydrogen-bond donors (Lipinski definition) is 0. The van der Waals surface area contributed by atoms with Crippen LogP contribution >= 0.6 is 15.9 Å². The number of hydrogen-bond acceptors (Lipinski definition) is 0. The van der Waals surface area contributed by atoms with Crippen LogP contribution in [0.2, 0.25) is 0 Å². The van der Waals surface area contributed by atoms with Gasteiger partial charge >= 0.3 is 6.30 Å². The molecule has 0 bridgehead atoms. The lowest BCUT2D eigenvalue weighted by Crippen LogP contribution is -2.20. The molecule has 0 amide bonds. The Balaban J connectivity index is 2.40. The maximum Gasteiger partial charge on any atom is 0.489 e. The van der Waals surface area contributed by atoms with Crippen LogP contribution < -0.4 is 0 Å². The van der Waals surface area contributed by atoms with Crippen molar-refractivity contribution in [3.05, 3.63) is 33.9 Å². The van der Waals surface area contributed by atoms with Crippen LogP contribution in [0.4, 0.5) is 13.2 Å². The van der Waals surface area contributed by atoms with Crippen molar-refractivity contribution in [1.29, 1.82) is 0 Å². The Kier molecular flexibility index (Phi) is 2.70. The second kappa shape index (κ2) is 4.02. The fourth-order valence-corrected chi connectivity index (χ4v) is 3.17. The third-order valence-corrected chi connectivity index (χ3v) is 3.98. The summed E-state index contributed by atoms with van der Waals surface area (Å²) in [5.74, 6) is 0. The largest absolute Gasteiger partial charge is 0.489 e. The minimum absolute atomic E-state index is 0.276. The third kappa shape index (κ3) is 1.76. The van der Waals surface area contributed by atoms with Gasteiger partial charge in [0.25, 0.3) is 0 Å². The van der Waals surface area contributed by atoms with Gasteiger partial charge in [-0.05, 0) is 49.4 Å². The van der Waals surface area contributed by atoms with Crippen molar-refractivity contribution < 1.29 is 13.2 Å². The lowest BCUT2D eigenvalue weighted by atomic mass is 9.96. The maximum absolute atomic E-state index is 13.2. The predicted molar refractivity (Wildman–Crippen MR) is 67.6 cm³/mol. The first-order valence-corrected chi connectivity index (χ1v) is 6.66. The number of aryl methyl sites for hydroxylation is 1. The van der Waals surface area contributed by atoms with Crippen molar-refractivity contribution in [3.63, 3.8) is 0 Å². The summed E-state index contributed by atoms with van der Waals surface area (Å²) in [4.78, 5) is 0. The van der Waals surface area contributed by atoms with Gasteiger partial charge in [-0.2, -0.15) is 0 Å². The van der Waals surface area contributed by atoms with E-state index in [4.69, 9.17) is 0 Å². The molecule has 1 nitrogen and oxygen atoms in total. The highest BCUT2D eigenvalue weighted by Gasteiger charge is 2.36. The number of rotatable bonds is 0. The van der Waals surface area contributed by atoms with Crippen molar-refractivity contribution in [2.45, 2.75) is 32.0 Å². The number of benzene rings is 1. The minimum Gasteiger partial charge on any atom is -0.256 e. The van der Waals surface area contributed by atoms with E-state index in [1.165, 1.54) is 0 Å². The van der Waals surface area contributed by atoms with Crippen molar-refractivity contribution >= 4 is 26.8 Å². The molecule has 0 spiro atoms. The van der Waals surface area contributed by atoms with E-state index in [1.807, 2.05) is 0 Å². The Morgan fingerprint density at radius 3 is 2.56 bits per heavy atom. The zero-order valence-electron chi connectivity index (χ0n) is 9.52. The summed E-state index contributed by atoms with van der Waals surface area (Å²) in [6.45, 7) is 0. The molecule has 96 valence electrons. The van der Waals surface area contributed by atoms with Crippen LogP contribution in [0.3, 0.4) is 0 Å². The number of nitrogens with zero attached hydrogens (tertiary/aromatic N) is 1. The van der Waals surface area contributed by atoms with Gasteiger partial charge in [-0.15, -0.1) is 13.2 Å². The molecule has 1 aliphatic rings. The number of fused-ring (bicyclic) bond motifs is 3. The Bertz CT molecular complexity index is 613. The summed E-state index contributed by atoms with van der Waals surface area (Å²) in [5, 5.41) is 0.733. The van der Waals surface area contributed by atoms with Gasteiger partial charge in [-0.25, -0.2) is 0 Å². The first kappa shape index (κ1) is 12.1. The van der Waals surface area contributed by atoms with Gasteiger partial charge < -0.3 is 0 Å². The van der Waals surface area contributed by atoms with Crippen LogP contribution in [-0.2, 0) is 19.1 Å². The molecule has 0 atom stereocenters. The molecule has 1 aliphatic carbocycles. The molecule has 0 fully saturated rings. The highest BCUT2D eigenvalue weighted by atomic mass is 79.9. The smallest absolute Gasteiger partial charge is 0.256 e. The summed E-state index contributed by atoms with van der Waals surface area (Å²) in [6, 6.07) is 5.00. The van der Waals surface area contributed by atoms with Crippen LogP contribution in [0.1, 0.15) is 24.1 Å². The molecule has 0 radical (unpaired) electrons. The first-order valence-electron chi connectivity index (χ1n) is 5.87. The van der Waals surface area contributed by atoms with E-state index < -0.39 is 6.30 Å². The molecule has 1 heterocycles. The number of aromatic nitrogens is 1. The van der Waals surface area contributed by atoms with Crippen molar-refractivity contribution in [1.82, 2.24) is 4.57 Å². The standard InChI is InChI=1S/C13H11BrF3N/c14-8-5-6-12-10(7-8)9-3-1-2-4-11(9)18(12)13(15,16)17/h5-7H,1-4H2. The average molecular weight is 318 g/mol. The SMILES string of the molecule is FC(F)(F)n1c2c(c3cc(Br)ccc31)CCCC2. The highest BCUT2D eigenvalue weighted by Crippen LogP contribution is 2.39. The maximum atomic E-state index is 13.2. The molecule has 0 saturated carbocycles. The molecule has 0 aliphatic heterocycles. The molecule has 1 aromatic heterocycles. The second-order valence-corrected chi connectivity index (χ2v) is 5.51. The fourth-order valence-electron chi connectivity index (χ4n) is 2.81. The van der Waals surface area contributed by atoms with E-state index in [-0.39, 0.29) is 5.52 Å². The Morgan fingerprint density at radius 1 is 1.11 bits per heavy atom. The Hall–Kier alpha value is -0.970. The zero-order chi connectivity index (χ0) is 12.9. The summed E-state index contributed by atoms with van der Waals surface area (Å²) in [7, 11) is 0. The number of alkyl halides is 3. The zero-order valence-corrected chi connectivity index (χ0v) is 11.1. The van der Waals surface area contributed by atoms with Crippen molar-refractivity contribution in [3.8, 4) is 0 Å². The van der Waals surface area contributed by atoms with E-state index in [0.717, 1.165) is 34.7 Å². The molecule has 0 saturated heterocycles. The second-order valence-electron chi connectivity index (χ2n) is 4.60. The van der Waals surface area contributed by atoms with Gasteiger partial charge in [0.1, 0.15) is 0 Å². The van der Waals surface area contributed by atoms with Gasteiger partial charge in [-0.1, -0.05) is 15.9 Å². The molecule has 18 heavy (non-hydrogen) atoms. The Labute approximate surface area is 111 Å².